The predicted molar refractivity (Wildman–Crippen MR) is 107 cm³/mol. The summed E-state index contributed by atoms with van der Waals surface area (Å²) in [7, 11) is 0. The number of aromatic nitrogens is 2. The van der Waals surface area contributed by atoms with Crippen LogP contribution in [0, 0.1) is 12.8 Å². The Balaban J connectivity index is 1.42. The zero-order chi connectivity index (χ0) is 19.5. The second-order valence-corrected chi connectivity index (χ2v) is 7.21. The van der Waals surface area contributed by atoms with E-state index in [2.05, 4.69) is 16.5 Å². The van der Waals surface area contributed by atoms with E-state index in [4.69, 9.17) is 4.74 Å². The highest BCUT2D eigenvalue weighted by Crippen LogP contribution is 2.26. The highest BCUT2D eigenvalue weighted by molar-refractivity contribution is 5.83. The summed E-state index contributed by atoms with van der Waals surface area (Å²) in [6, 6.07) is 15.4. The zero-order valence-electron chi connectivity index (χ0n) is 15.9. The summed E-state index contributed by atoms with van der Waals surface area (Å²) in [5.74, 6) is 1.03. The van der Waals surface area contributed by atoms with Gasteiger partial charge in [-0.1, -0.05) is 36.4 Å². The average Bonchev–Trinajstić information content (AvgIpc) is 2.92. The molecule has 0 saturated heterocycles. The third-order valence-corrected chi connectivity index (χ3v) is 5.20. The first kappa shape index (κ1) is 18.2. The molecule has 1 atom stereocenters. The van der Waals surface area contributed by atoms with Gasteiger partial charge in [-0.05, 0) is 43.4 Å². The fourth-order valence-corrected chi connectivity index (χ4v) is 3.70. The van der Waals surface area contributed by atoms with Crippen LogP contribution in [-0.2, 0) is 17.8 Å². The number of nitrogens with one attached hydrogen (secondary N) is 1. The van der Waals surface area contributed by atoms with Crippen molar-refractivity contribution in [3.8, 4) is 5.75 Å². The van der Waals surface area contributed by atoms with E-state index in [-0.39, 0.29) is 18.0 Å². The predicted octanol–water partition coefficient (Wildman–Crippen LogP) is 2.46. The molecule has 6 nitrogen and oxygen atoms in total. The average molecular weight is 377 g/mol. The van der Waals surface area contributed by atoms with E-state index >= 15 is 0 Å². The van der Waals surface area contributed by atoms with Crippen molar-refractivity contribution >= 4 is 16.7 Å². The molecular weight excluding hydrogens is 354 g/mol. The van der Waals surface area contributed by atoms with Crippen LogP contribution < -0.4 is 15.6 Å². The summed E-state index contributed by atoms with van der Waals surface area (Å²) in [6.07, 6.45) is 1.74. The minimum absolute atomic E-state index is 0.0791. The normalized spacial score (nSPS) is 16.1. The number of para-hydroxylation sites is 1. The topological polar surface area (TPSA) is 73.2 Å². The zero-order valence-corrected chi connectivity index (χ0v) is 15.9. The molecule has 1 amide bonds. The van der Waals surface area contributed by atoms with Gasteiger partial charge in [-0.25, -0.2) is 4.68 Å². The van der Waals surface area contributed by atoms with Gasteiger partial charge in [-0.2, -0.15) is 5.10 Å². The number of fused-ring (bicyclic) bond motifs is 2. The van der Waals surface area contributed by atoms with Crippen molar-refractivity contribution in [3.63, 3.8) is 0 Å². The number of ether oxygens (including phenoxy) is 1. The first-order valence-electron chi connectivity index (χ1n) is 9.55. The van der Waals surface area contributed by atoms with Crippen molar-refractivity contribution in [2.24, 2.45) is 5.92 Å². The quantitative estimate of drug-likeness (QED) is 0.758. The number of carbonyl (C=O) groups excluding carboxylic acids is 1. The molecule has 0 fully saturated rings. The lowest BCUT2D eigenvalue weighted by Crippen LogP contribution is -2.36. The number of amides is 1. The standard InChI is InChI=1S/C22H23N3O3/c1-15-18-7-3-4-8-19(18)22(27)25(24-15)14-21(26)23-13-16-10-11-28-20-9-5-2-6-17(20)12-16/h2-9,16H,10-14H2,1H3,(H,23,26)/t16-/m0/s1. The monoisotopic (exact) mass is 377 g/mol. The summed E-state index contributed by atoms with van der Waals surface area (Å²) in [4.78, 5) is 25.1. The molecule has 0 aliphatic carbocycles. The maximum atomic E-state index is 12.6. The Morgan fingerprint density at radius 1 is 1.18 bits per heavy atom. The number of nitrogens with zero attached hydrogens (tertiary/aromatic N) is 2. The Bertz CT molecular complexity index is 1070. The van der Waals surface area contributed by atoms with Crippen LogP contribution >= 0.6 is 0 Å². The molecule has 28 heavy (non-hydrogen) atoms. The molecule has 2 aromatic carbocycles. The Kier molecular flexibility index (Phi) is 5.10. The molecule has 1 N–H and O–H groups in total. The highest BCUT2D eigenvalue weighted by atomic mass is 16.5. The van der Waals surface area contributed by atoms with Crippen molar-refractivity contribution in [3.05, 3.63) is 70.1 Å². The largest absolute Gasteiger partial charge is 0.493 e. The van der Waals surface area contributed by atoms with E-state index in [1.165, 1.54) is 10.2 Å². The first-order chi connectivity index (χ1) is 13.6. The molecule has 1 aliphatic heterocycles. The number of benzene rings is 2. The maximum absolute atomic E-state index is 12.6. The third-order valence-electron chi connectivity index (χ3n) is 5.20. The fraction of sp³-hybridized carbons (Fsp3) is 0.318. The van der Waals surface area contributed by atoms with Gasteiger partial charge in [-0.15, -0.1) is 0 Å². The molecule has 3 aromatic rings. The minimum atomic E-state index is -0.242. The molecule has 0 unspecified atom stereocenters. The molecule has 0 bridgehead atoms. The number of carbonyl (C=O) groups is 1. The Morgan fingerprint density at radius 2 is 1.93 bits per heavy atom. The van der Waals surface area contributed by atoms with Crippen molar-refractivity contribution in [2.75, 3.05) is 13.2 Å². The van der Waals surface area contributed by atoms with Crippen LogP contribution in [0.5, 0.6) is 5.75 Å². The summed E-state index contributed by atoms with van der Waals surface area (Å²) < 4.78 is 7.03. The lowest BCUT2D eigenvalue weighted by molar-refractivity contribution is -0.122. The van der Waals surface area contributed by atoms with Crippen molar-refractivity contribution in [2.45, 2.75) is 26.3 Å². The van der Waals surface area contributed by atoms with Crippen LogP contribution in [-0.4, -0.2) is 28.8 Å². The SMILES string of the molecule is Cc1nn(CC(=O)NC[C@H]2CCOc3ccccc3C2)c(=O)c2ccccc12. The second-order valence-electron chi connectivity index (χ2n) is 7.21. The van der Waals surface area contributed by atoms with E-state index in [9.17, 15) is 9.59 Å². The summed E-state index contributed by atoms with van der Waals surface area (Å²) in [5.41, 5.74) is 1.66. The molecule has 6 heteroatoms. The van der Waals surface area contributed by atoms with Gasteiger partial charge in [0.2, 0.25) is 5.91 Å². The smallest absolute Gasteiger partial charge is 0.275 e. The van der Waals surface area contributed by atoms with E-state index in [0.29, 0.717) is 24.5 Å². The van der Waals surface area contributed by atoms with Gasteiger partial charge in [0, 0.05) is 11.9 Å². The number of aryl methyl sites for hydroxylation is 1. The minimum Gasteiger partial charge on any atom is -0.493 e. The third kappa shape index (κ3) is 3.76. The van der Waals surface area contributed by atoms with Crippen LogP contribution in [0.15, 0.2) is 53.3 Å². The van der Waals surface area contributed by atoms with Gasteiger partial charge < -0.3 is 10.1 Å². The molecular formula is C22H23N3O3. The summed E-state index contributed by atoms with van der Waals surface area (Å²) in [5, 5.41) is 8.67. The lowest BCUT2D eigenvalue weighted by Gasteiger charge is -2.15. The van der Waals surface area contributed by atoms with E-state index in [0.717, 1.165) is 29.7 Å². The van der Waals surface area contributed by atoms with E-state index < -0.39 is 0 Å². The molecule has 2 heterocycles. The second kappa shape index (κ2) is 7.84. The van der Waals surface area contributed by atoms with Crippen LogP contribution in [0.25, 0.3) is 10.8 Å². The molecule has 4 rings (SSSR count). The Morgan fingerprint density at radius 3 is 2.79 bits per heavy atom. The Labute approximate surface area is 163 Å². The van der Waals surface area contributed by atoms with Gasteiger partial charge in [0.15, 0.2) is 0 Å². The van der Waals surface area contributed by atoms with E-state index in [1.807, 2.05) is 43.3 Å². The fourth-order valence-electron chi connectivity index (χ4n) is 3.70. The van der Waals surface area contributed by atoms with Gasteiger partial charge in [0.05, 0.1) is 17.7 Å². The van der Waals surface area contributed by atoms with Crippen LogP contribution in [0.2, 0.25) is 0 Å². The van der Waals surface area contributed by atoms with Gasteiger partial charge in [0.1, 0.15) is 12.3 Å². The van der Waals surface area contributed by atoms with E-state index in [1.54, 1.807) is 6.07 Å². The van der Waals surface area contributed by atoms with Gasteiger partial charge >= 0.3 is 0 Å². The number of hydrogen-bond acceptors (Lipinski definition) is 4. The highest BCUT2D eigenvalue weighted by Gasteiger charge is 2.18. The molecule has 144 valence electrons. The maximum Gasteiger partial charge on any atom is 0.275 e. The number of rotatable bonds is 4. The summed E-state index contributed by atoms with van der Waals surface area (Å²) >= 11 is 0. The molecule has 1 aliphatic rings. The van der Waals surface area contributed by atoms with Crippen LogP contribution in [0.4, 0.5) is 0 Å². The Hall–Kier alpha value is -3.15. The molecule has 0 spiro atoms. The number of hydrogen-bond donors (Lipinski definition) is 1. The van der Waals surface area contributed by atoms with Crippen LogP contribution in [0.3, 0.4) is 0 Å². The molecule has 0 radical (unpaired) electrons. The van der Waals surface area contributed by atoms with Gasteiger partial charge in [0.25, 0.3) is 5.56 Å². The molecule has 1 aromatic heterocycles. The lowest BCUT2D eigenvalue weighted by atomic mass is 9.97. The van der Waals surface area contributed by atoms with Gasteiger partial charge in [-0.3, -0.25) is 9.59 Å². The van der Waals surface area contributed by atoms with Crippen molar-refractivity contribution in [1.82, 2.24) is 15.1 Å². The van der Waals surface area contributed by atoms with Crippen LogP contribution in [0.1, 0.15) is 17.7 Å². The molecule has 0 saturated carbocycles. The van der Waals surface area contributed by atoms with Crippen molar-refractivity contribution in [1.29, 1.82) is 0 Å². The van der Waals surface area contributed by atoms with Crippen molar-refractivity contribution < 1.29 is 9.53 Å². The first-order valence-corrected chi connectivity index (χ1v) is 9.55. The summed E-state index contributed by atoms with van der Waals surface area (Å²) in [6.45, 7) is 2.96.